The van der Waals surface area contributed by atoms with E-state index in [-0.39, 0.29) is 5.41 Å². The fourth-order valence-corrected chi connectivity index (χ4v) is 4.42. The van der Waals surface area contributed by atoms with Crippen molar-refractivity contribution in [1.29, 1.82) is 0 Å². The van der Waals surface area contributed by atoms with Crippen LogP contribution < -0.4 is 5.32 Å². The molecule has 3 aliphatic heterocycles. The van der Waals surface area contributed by atoms with Crippen molar-refractivity contribution in [1.82, 2.24) is 19.8 Å². The van der Waals surface area contributed by atoms with E-state index >= 15 is 0 Å². The van der Waals surface area contributed by atoms with Crippen LogP contribution in [0.1, 0.15) is 37.7 Å². The molecule has 7 heteroatoms. The SMILES string of the molecule is CN1CC2(CCN(Cc3cnc(NC[C@@H]4CCCO4)nc3)CC2)CC1=O. The molecule has 0 unspecified atom stereocenters. The van der Waals surface area contributed by atoms with Gasteiger partial charge < -0.3 is 15.0 Å². The summed E-state index contributed by atoms with van der Waals surface area (Å²) in [6, 6.07) is 0. The predicted octanol–water partition coefficient (Wildman–Crippen LogP) is 1.51. The number of anilines is 1. The molecule has 0 aliphatic carbocycles. The van der Waals surface area contributed by atoms with Gasteiger partial charge in [-0.2, -0.15) is 0 Å². The van der Waals surface area contributed by atoms with Gasteiger partial charge in [-0.15, -0.1) is 0 Å². The number of ether oxygens (including phenoxy) is 1. The van der Waals surface area contributed by atoms with E-state index in [1.54, 1.807) is 0 Å². The molecule has 4 rings (SSSR count). The number of hydrogen-bond acceptors (Lipinski definition) is 6. The molecule has 1 N–H and O–H groups in total. The van der Waals surface area contributed by atoms with Gasteiger partial charge in [0.05, 0.1) is 6.10 Å². The first kappa shape index (κ1) is 17.7. The van der Waals surface area contributed by atoms with E-state index in [0.717, 1.165) is 77.0 Å². The van der Waals surface area contributed by atoms with Gasteiger partial charge in [0.25, 0.3) is 0 Å². The highest BCUT2D eigenvalue weighted by Gasteiger charge is 2.43. The third-order valence-electron chi connectivity index (χ3n) is 6.06. The molecule has 0 radical (unpaired) electrons. The van der Waals surface area contributed by atoms with Crippen LogP contribution in [0.5, 0.6) is 0 Å². The smallest absolute Gasteiger partial charge is 0.222 e. The quantitative estimate of drug-likeness (QED) is 0.859. The molecule has 3 saturated heterocycles. The van der Waals surface area contributed by atoms with Gasteiger partial charge in [0, 0.05) is 57.7 Å². The fraction of sp³-hybridized carbons (Fsp3) is 0.737. The first-order chi connectivity index (χ1) is 12.6. The van der Waals surface area contributed by atoms with Crippen LogP contribution >= 0.6 is 0 Å². The summed E-state index contributed by atoms with van der Waals surface area (Å²) in [5.74, 6) is 0.979. The first-order valence-corrected chi connectivity index (χ1v) is 9.75. The topological polar surface area (TPSA) is 70.6 Å². The van der Waals surface area contributed by atoms with E-state index in [4.69, 9.17) is 4.74 Å². The zero-order chi connectivity index (χ0) is 18.0. The Morgan fingerprint density at radius 1 is 1.31 bits per heavy atom. The zero-order valence-corrected chi connectivity index (χ0v) is 15.6. The number of hydrogen-bond donors (Lipinski definition) is 1. The maximum atomic E-state index is 11.9. The summed E-state index contributed by atoms with van der Waals surface area (Å²) in [7, 11) is 1.93. The number of nitrogens with one attached hydrogen (secondary N) is 1. The highest BCUT2D eigenvalue weighted by Crippen LogP contribution is 2.40. The Labute approximate surface area is 155 Å². The predicted molar refractivity (Wildman–Crippen MR) is 98.7 cm³/mol. The van der Waals surface area contributed by atoms with Gasteiger partial charge in [-0.1, -0.05) is 0 Å². The molecule has 1 aromatic heterocycles. The van der Waals surface area contributed by atoms with Crippen molar-refractivity contribution in [2.45, 2.75) is 44.8 Å². The molecule has 0 bridgehead atoms. The van der Waals surface area contributed by atoms with Gasteiger partial charge in [0.15, 0.2) is 0 Å². The second-order valence-electron chi connectivity index (χ2n) is 8.13. The highest BCUT2D eigenvalue weighted by atomic mass is 16.5. The van der Waals surface area contributed by atoms with Crippen molar-refractivity contribution in [3.8, 4) is 0 Å². The Morgan fingerprint density at radius 3 is 2.69 bits per heavy atom. The number of carbonyl (C=O) groups is 1. The first-order valence-electron chi connectivity index (χ1n) is 9.75. The van der Waals surface area contributed by atoms with E-state index in [2.05, 4.69) is 20.2 Å². The second-order valence-corrected chi connectivity index (χ2v) is 8.13. The van der Waals surface area contributed by atoms with Crippen LogP contribution in [0.4, 0.5) is 5.95 Å². The van der Waals surface area contributed by atoms with Crippen LogP contribution in [0.2, 0.25) is 0 Å². The minimum absolute atomic E-state index is 0.217. The fourth-order valence-electron chi connectivity index (χ4n) is 4.42. The number of amides is 1. The molecule has 0 saturated carbocycles. The molecule has 1 atom stereocenters. The van der Waals surface area contributed by atoms with E-state index < -0.39 is 0 Å². The number of nitrogens with zero attached hydrogens (tertiary/aromatic N) is 4. The van der Waals surface area contributed by atoms with E-state index in [9.17, 15) is 4.79 Å². The van der Waals surface area contributed by atoms with Gasteiger partial charge in [-0.05, 0) is 44.2 Å². The Bertz CT molecular complexity index is 621. The molecular formula is C19H29N5O2. The Balaban J connectivity index is 1.24. The van der Waals surface area contributed by atoms with Crippen molar-refractivity contribution >= 4 is 11.9 Å². The summed E-state index contributed by atoms with van der Waals surface area (Å²) < 4.78 is 5.60. The summed E-state index contributed by atoms with van der Waals surface area (Å²) in [6.07, 6.45) is 9.32. The van der Waals surface area contributed by atoms with E-state index in [1.165, 1.54) is 0 Å². The van der Waals surface area contributed by atoms with Crippen molar-refractivity contribution in [3.63, 3.8) is 0 Å². The molecule has 3 aliphatic rings. The Morgan fingerprint density at radius 2 is 2.08 bits per heavy atom. The van der Waals surface area contributed by atoms with Crippen LogP contribution in [-0.4, -0.2) is 71.6 Å². The number of carbonyl (C=O) groups excluding carboxylic acids is 1. The molecule has 4 heterocycles. The molecule has 7 nitrogen and oxygen atoms in total. The van der Waals surface area contributed by atoms with Crippen LogP contribution in [0.3, 0.4) is 0 Å². The van der Waals surface area contributed by atoms with Gasteiger partial charge >= 0.3 is 0 Å². The zero-order valence-electron chi connectivity index (χ0n) is 15.6. The van der Waals surface area contributed by atoms with Crippen LogP contribution in [0.15, 0.2) is 12.4 Å². The molecule has 26 heavy (non-hydrogen) atoms. The van der Waals surface area contributed by atoms with Gasteiger partial charge in [0.2, 0.25) is 11.9 Å². The van der Waals surface area contributed by atoms with Crippen molar-refractivity contribution in [2.75, 3.05) is 45.2 Å². The monoisotopic (exact) mass is 359 g/mol. The number of aromatic nitrogens is 2. The third-order valence-corrected chi connectivity index (χ3v) is 6.06. The van der Waals surface area contributed by atoms with E-state index in [0.29, 0.717) is 18.0 Å². The van der Waals surface area contributed by atoms with Gasteiger partial charge in [-0.25, -0.2) is 9.97 Å². The molecule has 3 fully saturated rings. The number of rotatable bonds is 5. The van der Waals surface area contributed by atoms with Gasteiger partial charge in [-0.3, -0.25) is 9.69 Å². The summed E-state index contributed by atoms with van der Waals surface area (Å²) in [4.78, 5) is 25.1. The molecule has 0 aromatic carbocycles. The lowest BCUT2D eigenvalue weighted by atomic mass is 9.77. The molecule has 1 aromatic rings. The largest absolute Gasteiger partial charge is 0.376 e. The van der Waals surface area contributed by atoms with Crippen molar-refractivity contribution < 1.29 is 9.53 Å². The molecule has 1 amide bonds. The summed E-state index contributed by atoms with van der Waals surface area (Å²) in [5, 5.41) is 3.26. The number of likely N-dealkylation sites (tertiary alicyclic amines) is 2. The molecule has 1 spiro atoms. The maximum Gasteiger partial charge on any atom is 0.222 e. The third kappa shape index (κ3) is 3.99. The summed E-state index contributed by atoms with van der Waals surface area (Å²) >= 11 is 0. The molecular weight excluding hydrogens is 330 g/mol. The maximum absolute atomic E-state index is 11.9. The van der Waals surface area contributed by atoms with Gasteiger partial charge in [0.1, 0.15) is 0 Å². The van der Waals surface area contributed by atoms with Crippen LogP contribution in [0, 0.1) is 5.41 Å². The second kappa shape index (κ2) is 7.48. The lowest BCUT2D eigenvalue weighted by molar-refractivity contribution is -0.126. The minimum Gasteiger partial charge on any atom is -0.376 e. The number of piperidine rings is 1. The van der Waals surface area contributed by atoms with Crippen molar-refractivity contribution in [2.24, 2.45) is 5.41 Å². The minimum atomic E-state index is 0.217. The summed E-state index contributed by atoms with van der Waals surface area (Å²) in [5.41, 5.74) is 1.36. The van der Waals surface area contributed by atoms with E-state index in [1.807, 2.05) is 24.3 Å². The normalized spacial score (nSPS) is 26.0. The summed E-state index contributed by atoms with van der Waals surface area (Å²) in [6.45, 7) is 5.54. The van der Waals surface area contributed by atoms with Crippen LogP contribution in [-0.2, 0) is 16.1 Å². The average Bonchev–Trinajstić information content (AvgIpc) is 3.25. The lowest BCUT2D eigenvalue weighted by Crippen LogP contribution is -2.40. The highest BCUT2D eigenvalue weighted by molar-refractivity contribution is 5.79. The Kier molecular flexibility index (Phi) is 5.09. The van der Waals surface area contributed by atoms with Crippen LogP contribution in [0.25, 0.3) is 0 Å². The van der Waals surface area contributed by atoms with Crippen molar-refractivity contribution in [3.05, 3.63) is 18.0 Å². The Hall–Kier alpha value is -1.73. The molecule has 142 valence electrons. The average molecular weight is 359 g/mol. The lowest BCUT2D eigenvalue weighted by Gasteiger charge is -2.38. The standard InChI is InChI=1S/C19H29N5O2/c1-23-14-19(9-17(23)25)4-6-24(7-5-19)13-15-10-20-18(21-11-15)22-12-16-3-2-8-26-16/h10-11,16H,2-9,12-14H2,1H3,(H,20,21,22)/t16-/m0/s1.